The smallest absolute Gasteiger partial charge is 0.238 e. The van der Waals surface area contributed by atoms with Crippen molar-refractivity contribution in [2.24, 2.45) is 11.7 Å². The van der Waals surface area contributed by atoms with Gasteiger partial charge in [-0.25, -0.2) is 0 Å². The Bertz CT molecular complexity index is 459. The number of carbonyl (C=O) groups is 1. The van der Waals surface area contributed by atoms with E-state index in [2.05, 4.69) is 17.1 Å². The van der Waals surface area contributed by atoms with Gasteiger partial charge >= 0.3 is 0 Å². The summed E-state index contributed by atoms with van der Waals surface area (Å²) >= 11 is 0. The van der Waals surface area contributed by atoms with Crippen LogP contribution in [0, 0.1) is 12.8 Å². The molecule has 1 aromatic carbocycles. The van der Waals surface area contributed by atoms with Crippen LogP contribution in [0.3, 0.4) is 0 Å². The third-order valence-electron chi connectivity index (χ3n) is 3.95. The summed E-state index contributed by atoms with van der Waals surface area (Å²) in [5.74, 6) is 0.566. The van der Waals surface area contributed by atoms with Crippen molar-refractivity contribution in [3.8, 4) is 0 Å². The second-order valence-electron chi connectivity index (χ2n) is 5.91. The minimum atomic E-state index is 0.0564. The average Bonchev–Trinajstić information content (AvgIpc) is 2.38. The molecule has 20 heavy (non-hydrogen) atoms. The number of nitrogens with one attached hydrogen (secondary N) is 1. The molecule has 110 valence electrons. The zero-order valence-electron chi connectivity index (χ0n) is 12.4. The molecule has 1 aromatic rings. The highest BCUT2D eigenvalue weighted by atomic mass is 16.2. The fourth-order valence-corrected chi connectivity index (χ4v) is 2.79. The molecule has 2 rings (SSSR count). The number of nitrogens with two attached hydrogens (primary N) is 1. The monoisotopic (exact) mass is 275 g/mol. The molecule has 0 radical (unpaired) electrons. The highest BCUT2D eigenvalue weighted by Gasteiger charge is 2.23. The third kappa shape index (κ3) is 4.32. The average molecular weight is 275 g/mol. The highest BCUT2D eigenvalue weighted by molar-refractivity contribution is 5.92. The van der Waals surface area contributed by atoms with E-state index in [9.17, 15) is 4.79 Å². The van der Waals surface area contributed by atoms with Crippen molar-refractivity contribution in [3.63, 3.8) is 0 Å². The molecule has 1 amide bonds. The second-order valence-corrected chi connectivity index (χ2v) is 5.91. The fraction of sp³-hybridized carbons (Fsp3) is 0.562. The first-order chi connectivity index (χ1) is 9.54. The molecule has 0 spiro atoms. The van der Waals surface area contributed by atoms with Crippen molar-refractivity contribution < 1.29 is 4.79 Å². The molecule has 1 aliphatic heterocycles. The van der Waals surface area contributed by atoms with Crippen LogP contribution in [-0.2, 0) is 4.79 Å². The Morgan fingerprint density at radius 3 is 3.05 bits per heavy atom. The number of benzene rings is 1. The maximum Gasteiger partial charge on any atom is 0.238 e. The van der Waals surface area contributed by atoms with Crippen LogP contribution in [0.2, 0.25) is 0 Å². The van der Waals surface area contributed by atoms with Crippen molar-refractivity contribution in [3.05, 3.63) is 29.8 Å². The molecule has 0 aliphatic carbocycles. The number of nitrogens with zero attached hydrogens (tertiary/aromatic N) is 1. The van der Waals surface area contributed by atoms with Gasteiger partial charge < -0.3 is 11.1 Å². The van der Waals surface area contributed by atoms with Crippen molar-refractivity contribution in [2.45, 2.75) is 32.7 Å². The Morgan fingerprint density at radius 2 is 2.35 bits per heavy atom. The van der Waals surface area contributed by atoms with Crippen molar-refractivity contribution in [1.29, 1.82) is 0 Å². The summed E-state index contributed by atoms with van der Waals surface area (Å²) in [4.78, 5) is 14.3. The number of hydrogen-bond donors (Lipinski definition) is 2. The molecule has 2 atom stereocenters. The number of aryl methyl sites for hydroxylation is 1. The summed E-state index contributed by atoms with van der Waals surface area (Å²) in [6, 6.07) is 8.09. The van der Waals surface area contributed by atoms with Crippen LogP contribution < -0.4 is 11.1 Å². The summed E-state index contributed by atoms with van der Waals surface area (Å²) in [7, 11) is 0. The van der Waals surface area contributed by atoms with Crippen LogP contribution >= 0.6 is 0 Å². The lowest BCUT2D eigenvalue weighted by Gasteiger charge is -2.34. The van der Waals surface area contributed by atoms with Crippen LogP contribution in [0.25, 0.3) is 0 Å². The first-order valence-electron chi connectivity index (χ1n) is 7.39. The molecule has 0 bridgehead atoms. The standard InChI is InChI=1S/C16H25N3O/c1-12-5-3-7-15(9-12)18-16(20)11-19-8-4-6-14(10-19)13(2)17/h3,5,7,9,13-14H,4,6,8,10-11,17H2,1-2H3,(H,18,20). The van der Waals surface area contributed by atoms with Gasteiger partial charge in [-0.1, -0.05) is 12.1 Å². The number of piperidine rings is 1. The van der Waals surface area contributed by atoms with E-state index >= 15 is 0 Å². The molecular formula is C16H25N3O. The number of likely N-dealkylation sites (tertiary alicyclic amines) is 1. The van der Waals surface area contributed by atoms with Gasteiger partial charge in [-0.15, -0.1) is 0 Å². The van der Waals surface area contributed by atoms with Gasteiger partial charge in [0.2, 0.25) is 5.91 Å². The molecule has 1 fully saturated rings. The van der Waals surface area contributed by atoms with Gasteiger partial charge in [0.15, 0.2) is 0 Å². The number of anilines is 1. The minimum Gasteiger partial charge on any atom is -0.328 e. The van der Waals surface area contributed by atoms with Gasteiger partial charge in [0.25, 0.3) is 0 Å². The lowest BCUT2D eigenvalue weighted by atomic mass is 9.92. The van der Waals surface area contributed by atoms with E-state index in [1.54, 1.807) is 0 Å². The third-order valence-corrected chi connectivity index (χ3v) is 3.95. The number of amides is 1. The molecule has 1 heterocycles. The molecule has 0 aromatic heterocycles. The van der Waals surface area contributed by atoms with E-state index in [0.29, 0.717) is 12.5 Å². The van der Waals surface area contributed by atoms with E-state index in [1.165, 1.54) is 6.42 Å². The Kier molecular flexibility index (Phi) is 5.15. The largest absolute Gasteiger partial charge is 0.328 e. The van der Waals surface area contributed by atoms with E-state index in [0.717, 1.165) is 30.8 Å². The topological polar surface area (TPSA) is 58.4 Å². The van der Waals surface area contributed by atoms with Crippen LogP contribution in [-0.4, -0.2) is 36.5 Å². The molecule has 2 unspecified atom stereocenters. The van der Waals surface area contributed by atoms with Crippen LogP contribution in [0.15, 0.2) is 24.3 Å². The van der Waals surface area contributed by atoms with Gasteiger partial charge in [0.05, 0.1) is 6.54 Å². The van der Waals surface area contributed by atoms with Gasteiger partial charge in [0, 0.05) is 18.3 Å². The SMILES string of the molecule is Cc1cccc(NC(=O)CN2CCCC(C(C)N)C2)c1. The quantitative estimate of drug-likeness (QED) is 0.883. The van der Waals surface area contributed by atoms with Gasteiger partial charge in [-0.2, -0.15) is 0 Å². The molecule has 4 heteroatoms. The lowest BCUT2D eigenvalue weighted by Crippen LogP contribution is -2.45. The summed E-state index contributed by atoms with van der Waals surface area (Å²) in [5.41, 5.74) is 7.99. The summed E-state index contributed by atoms with van der Waals surface area (Å²) in [6.07, 6.45) is 2.30. The van der Waals surface area contributed by atoms with Crippen LogP contribution in [0.5, 0.6) is 0 Å². The zero-order chi connectivity index (χ0) is 14.5. The first-order valence-corrected chi connectivity index (χ1v) is 7.39. The Balaban J connectivity index is 1.85. The van der Waals surface area contributed by atoms with Crippen LogP contribution in [0.1, 0.15) is 25.3 Å². The van der Waals surface area contributed by atoms with Crippen molar-refractivity contribution in [2.75, 3.05) is 25.0 Å². The predicted octanol–water partition coefficient (Wildman–Crippen LogP) is 1.99. The Morgan fingerprint density at radius 1 is 1.55 bits per heavy atom. The maximum absolute atomic E-state index is 12.1. The van der Waals surface area contributed by atoms with Gasteiger partial charge in [-0.3, -0.25) is 9.69 Å². The zero-order valence-corrected chi connectivity index (χ0v) is 12.4. The normalized spacial score (nSPS) is 21.4. The fourth-order valence-electron chi connectivity index (χ4n) is 2.79. The predicted molar refractivity (Wildman–Crippen MR) is 82.6 cm³/mol. The Labute approximate surface area is 121 Å². The van der Waals surface area contributed by atoms with E-state index in [4.69, 9.17) is 5.73 Å². The van der Waals surface area contributed by atoms with Crippen molar-refractivity contribution in [1.82, 2.24) is 4.90 Å². The minimum absolute atomic E-state index is 0.0564. The molecule has 1 aliphatic rings. The Hall–Kier alpha value is -1.39. The van der Waals surface area contributed by atoms with Crippen molar-refractivity contribution >= 4 is 11.6 Å². The molecule has 1 saturated heterocycles. The summed E-state index contributed by atoms with van der Waals surface area (Å²) in [6.45, 7) is 6.45. The lowest BCUT2D eigenvalue weighted by molar-refractivity contribution is -0.117. The second kappa shape index (κ2) is 6.86. The molecular weight excluding hydrogens is 250 g/mol. The maximum atomic E-state index is 12.1. The molecule has 3 N–H and O–H groups in total. The first kappa shape index (κ1) is 15.0. The van der Waals surface area contributed by atoms with Gasteiger partial charge in [0.1, 0.15) is 0 Å². The number of carbonyl (C=O) groups excluding carboxylic acids is 1. The van der Waals surface area contributed by atoms with E-state index in [-0.39, 0.29) is 11.9 Å². The van der Waals surface area contributed by atoms with Crippen LogP contribution in [0.4, 0.5) is 5.69 Å². The molecule has 4 nitrogen and oxygen atoms in total. The summed E-state index contributed by atoms with van der Waals surface area (Å²) < 4.78 is 0. The van der Waals surface area contributed by atoms with Gasteiger partial charge in [-0.05, 0) is 56.8 Å². The van der Waals surface area contributed by atoms with E-state index < -0.39 is 0 Å². The number of hydrogen-bond acceptors (Lipinski definition) is 3. The summed E-state index contributed by atoms with van der Waals surface area (Å²) in [5, 5.41) is 2.96. The number of rotatable bonds is 4. The highest BCUT2D eigenvalue weighted by Crippen LogP contribution is 2.18. The van der Waals surface area contributed by atoms with E-state index in [1.807, 2.05) is 31.2 Å². The molecule has 0 saturated carbocycles.